The summed E-state index contributed by atoms with van der Waals surface area (Å²) in [5.41, 5.74) is -0.174. The molecular weight excluding hydrogens is 358 g/mol. The van der Waals surface area contributed by atoms with Gasteiger partial charge in [0, 0.05) is 12.0 Å². The summed E-state index contributed by atoms with van der Waals surface area (Å²) < 4.78 is 22.8. The third kappa shape index (κ3) is 4.67. The Labute approximate surface area is 167 Å². The van der Waals surface area contributed by atoms with Gasteiger partial charge in [0.1, 0.15) is 5.72 Å². The zero-order valence-electron chi connectivity index (χ0n) is 17.1. The molecule has 0 aromatic heterocycles. The topological polar surface area (TPSA) is 57.2 Å². The van der Waals surface area contributed by atoms with E-state index in [9.17, 15) is 4.79 Å². The van der Waals surface area contributed by atoms with Crippen molar-refractivity contribution < 1.29 is 23.7 Å². The Morgan fingerprint density at radius 3 is 2.39 bits per heavy atom. The number of amides is 1. The monoisotopic (exact) mass is 387 g/mol. The summed E-state index contributed by atoms with van der Waals surface area (Å²) in [5, 5.41) is 0. The van der Waals surface area contributed by atoms with Gasteiger partial charge < -0.3 is 18.9 Å². The molecule has 0 saturated carbocycles. The number of rotatable bonds is 4. The van der Waals surface area contributed by atoms with E-state index in [1.807, 2.05) is 58.0 Å². The number of hydrogen-bond acceptors (Lipinski definition) is 5. The van der Waals surface area contributed by atoms with Crippen molar-refractivity contribution in [2.24, 2.45) is 0 Å². The molecule has 1 amide bonds. The van der Waals surface area contributed by atoms with Crippen LogP contribution in [0, 0.1) is 11.8 Å². The minimum Gasteiger partial charge on any atom is -0.449 e. The Hall–Kier alpha value is -2.07. The van der Waals surface area contributed by atoms with Gasteiger partial charge in [-0.1, -0.05) is 24.1 Å². The van der Waals surface area contributed by atoms with E-state index in [1.54, 1.807) is 4.90 Å². The van der Waals surface area contributed by atoms with E-state index in [4.69, 9.17) is 18.9 Å². The summed E-state index contributed by atoms with van der Waals surface area (Å²) in [6, 6.07) is 9.72. The van der Waals surface area contributed by atoms with Crippen LogP contribution < -0.4 is 0 Å². The van der Waals surface area contributed by atoms with Gasteiger partial charge in [-0.05, 0) is 52.2 Å². The number of nitrogens with zero attached hydrogens (tertiary/aromatic N) is 1. The van der Waals surface area contributed by atoms with E-state index in [-0.39, 0.29) is 12.7 Å². The molecule has 0 N–H and O–H groups in total. The van der Waals surface area contributed by atoms with Gasteiger partial charge in [0.2, 0.25) is 5.79 Å². The molecule has 2 aliphatic heterocycles. The molecule has 2 heterocycles. The maximum Gasteiger partial charge on any atom is 0.412 e. The fourth-order valence-corrected chi connectivity index (χ4v) is 3.63. The first-order valence-corrected chi connectivity index (χ1v) is 9.71. The van der Waals surface area contributed by atoms with Gasteiger partial charge >= 0.3 is 6.09 Å². The zero-order valence-corrected chi connectivity index (χ0v) is 17.1. The molecule has 6 nitrogen and oxygen atoms in total. The molecule has 2 fully saturated rings. The molecule has 2 saturated heterocycles. The molecule has 1 aromatic carbocycles. The van der Waals surface area contributed by atoms with Gasteiger partial charge in [-0.3, -0.25) is 4.90 Å². The fourth-order valence-electron chi connectivity index (χ4n) is 3.63. The largest absolute Gasteiger partial charge is 0.449 e. The Morgan fingerprint density at radius 1 is 1.11 bits per heavy atom. The second kappa shape index (κ2) is 8.12. The molecule has 0 spiro atoms. The van der Waals surface area contributed by atoms with Crippen molar-refractivity contribution >= 4 is 6.09 Å². The van der Waals surface area contributed by atoms with Gasteiger partial charge in [-0.15, -0.1) is 0 Å². The summed E-state index contributed by atoms with van der Waals surface area (Å²) in [7, 11) is 0. The molecule has 0 unspecified atom stereocenters. The van der Waals surface area contributed by atoms with Crippen molar-refractivity contribution in [2.75, 3.05) is 26.4 Å². The molecule has 3 rings (SSSR count). The molecule has 1 aromatic rings. The first-order chi connectivity index (χ1) is 13.2. The number of carbonyl (C=O) groups excluding carboxylic acids is 1. The lowest BCUT2D eigenvalue weighted by molar-refractivity contribution is -0.115. The fraction of sp³-hybridized carbons (Fsp3) is 0.591. The predicted molar refractivity (Wildman–Crippen MR) is 104 cm³/mol. The molecule has 152 valence electrons. The highest BCUT2D eigenvalue weighted by Gasteiger charge is 2.49. The summed E-state index contributed by atoms with van der Waals surface area (Å²) in [6.07, 6.45) is 0.749. The maximum atomic E-state index is 12.6. The normalized spacial score (nSPS) is 21.8. The quantitative estimate of drug-likeness (QED) is 0.584. The Bertz CT molecular complexity index is 725. The highest BCUT2D eigenvalue weighted by atomic mass is 16.7. The first-order valence-electron chi connectivity index (χ1n) is 9.71. The van der Waals surface area contributed by atoms with E-state index in [1.165, 1.54) is 0 Å². The minimum atomic E-state index is -0.933. The molecule has 6 heteroatoms. The van der Waals surface area contributed by atoms with Crippen molar-refractivity contribution in [3.63, 3.8) is 0 Å². The van der Waals surface area contributed by atoms with Crippen LogP contribution in [0.4, 0.5) is 4.79 Å². The number of ether oxygens (including phenoxy) is 4. The Kier molecular flexibility index (Phi) is 5.99. The SMILES string of the molecule is CC1(C)COC(C)(C)N1C(=O)OCCCC1(C#Cc2ccccc2)OCCO1. The van der Waals surface area contributed by atoms with Crippen molar-refractivity contribution in [3.8, 4) is 11.8 Å². The standard InChI is InChI=1S/C22H29NO5/c1-20(2)17-28-21(3,4)23(20)19(24)25-14-8-12-22(26-15-16-27-22)13-11-18-9-6-5-7-10-18/h5-7,9-10H,8,12,14-17H2,1-4H3. The Morgan fingerprint density at radius 2 is 1.79 bits per heavy atom. The van der Waals surface area contributed by atoms with E-state index >= 15 is 0 Å². The van der Waals surface area contributed by atoms with Crippen molar-refractivity contribution in [3.05, 3.63) is 35.9 Å². The molecule has 0 atom stereocenters. The van der Waals surface area contributed by atoms with Gasteiger partial charge in [0.25, 0.3) is 0 Å². The van der Waals surface area contributed by atoms with Gasteiger partial charge in [0.05, 0.1) is 32.0 Å². The second-order valence-corrected chi connectivity index (χ2v) is 8.17. The van der Waals surface area contributed by atoms with Crippen molar-refractivity contribution in [1.29, 1.82) is 0 Å². The molecule has 28 heavy (non-hydrogen) atoms. The van der Waals surface area contributed by atoms with Crippen LogP contribution in [-0.4, -0.2) is 54.5 Å². The average Bonchev–Trinajstić information content (AvgIpc) is 3.20. The lowest BCUT2D eigenvalue weighted by atomic mass is 10.0. The number of hydrogen-bond donors (Lipinski definition) is 0. The number of carbonyl (C=O) groups is 1. The van der Waals surface area contributed by atoms with E-state index in [0.717, 1.165) is 5.56 Å². The summed E-state index contributed by atoms with van der Waals surface area (Å²) in [6.45, 7) is 9.45. The molecule has 0 radical (unpaired) electrons. The Balaban J connectivity index is 1.54. The van der Waals surface area contributed by atoms with Crippen LogP contribution in [0.2, 0.25) is 0 Å². The van der Waals surface area contributed by atoms with Crippen LogP contribution in [0.3, 0.4) is 0 Å². The molecule has 0 aliphatic carbocycles. The van der Waals surface area contributed by atoms with Gasteiger partial charge in [0.15, 0.2) is 0 Å². The highest BCUT2D eigenvalue weighted by Crippen LogP contribution is 2.35. The molecule has 2 aliphatic rings. The highest BCUT2D eigenvalue weighted by molar-refractivity contribution is 5.69. The smallest absolute Gasteiger partial charge is 0.412 e. The average molecular weight is 387 g/mol. The van der Waals surface area contributed by atoms with E-state index < -0.39 is 17.1 Å². The van der Waals surface area contributed by atoms with Crippen molar-refractivity contribution in [1.82, 2.24) is 4.90 Å². The van der Waals surface area contributed by atoms with Crippen LogP contribution in [0.25, 0.3) is 0 Å². The minimum absolute atomic E-state index is 0.267. The summed E-state index contributed by atoms with van der Waals surface area (Å²) in [5.74, 6) is 5.29. The third-order valence-electron chi connectivity index (χ3n) is 4.91. The first kappa shape index (κ1) is 20.7. The third-order valence-corrected chi connectivity index (χ3v) is 4.91. The van der Waals surface area contributed by atoms with Crippen LogP contribution in [0.15, 0.2) is 30.3 Å². The van der Waals surface area contributed by atoms with Gasteiger partial charge in [-0.25, -0.2) is 4.79 Å². The molecular formula is C22H29NO5. The second-order valence-electron chi connectivity index (χ2n) is 8.17. The predicted octanol–water partition coefficient (Wildman–Crippen LogP) is 3.54. The van der Waals surface area contributed by atoms with Crippen LogP contribution >= 0.6 is 0 Å². The van der Waals surface area contributed by atoms with Gasteiger partial charge in [-0.2, -0.15) is 0 Å². The summed E-state index contributed by atoms with van der Waals surface area (Å²) in [4.78, 5) is 14.3. The zero-order chi connectivity index (χ0) is 20.3. The maximum absolute atomic E-state index is 12.6. The summed E-state index contributed by atoms with van der Waals surface area (Å²) >= 11 is 0. The van der Waals surface area contributed by atoms with Crippen molar-refractivity contribution in [2.45, 2.75) is 57.6 Å². The number of benzene rings is 1. The van der Waals surface area contributed by atoms with Crippen LogP contribution in [-0.2, 0) is 18.9 Å². The van der Waals surface area contributed by atoms with Crippen LogP contribution in [0.5, 0.6) is 0 Å². The van der Waals surface area contributed by atoms with E-state index in [2.05, 4.69) is 11.8 Å². The van der Waals surface area contributed by atoms with Crippen LogP contribution in [0.1, 0.15) is 46.1 Å². The lowest BCUT2D eigenvalue weighted by Crippen LogP contribution is -2.52. The van der Waals surface area contributed by atoms with E-state index in [0.29, 0.717) is 32.7 Å². The lowest BCUT2D eigenvalue weighted by Gasteiger charge is -2.36. The molecule has 0 bridgehead atoms.